The molecule has 2 heterocycles. The highest BCUT2D eigenvalue weighted by molar-refractivity contribution is 5.71. The summed E-state index contributed by atoms with van der Waals surface area (Å²) >= 11 is 0. The Kier molecular flexibility index (Phi) is 6.16. The van der Waals surface area contributed by atoms with Gasteiger partial charge in [-0.1, -0.05) is 25.0 Å². The van der Waals surface area contributed by atoms with Gasteiger partial charge in [0, 0.05) is 32.4 Å². The number of rotatable bonds is 9. The van der Waals surface area contributed by atoms with Crippen molar-refractivity contribution in [1.29, 1.82) is 0 Å². The summed E-state index contributed by atoms with van der Waals surface area (Å²) in [5, 5.41) is 23.6. The molecule has 9 heteroatoms. The fourth-order valence-corrected chi connectivity index (χ4v) is 2.60. The van der Waals surface area contributed by atoms with Crippen molar-refractivity contribution in [3.8, 4) is 0 Å². The summed E-state index contributed by atoms with van der Waals surface area (Å²) in [6.07, 6.45) is 6.22. The molecule has 0 saturated carbocycles. The maximum atomic E-state index is 11.8. The van der Waals surface area contributed by atoms with Crippen LogP contribution in [-0.4, -0.2) is 55.8 Å². The van der Waals surface area contributed by atoms with Crippen molar-refractivity contribution in [3.63, 3.8) is 0 Å². The third-order valence-corrected chi connectivity index (χ3v) is 3.91. The lowest BCUT2D eigenvalue weighted by molar-refractivity contribution is -0.143. The van der Waals surface area contributed by atoms with Crippen LogP contribution >= 0.6 is 0 Å². The minimum absolute atomic E-state index is 0.374. The molecule has 0 bridgehead atoms. The molecule has 0 aromatic carbocycles. The first kappa shape index (κ1) is 17.8. The third-order valence-electron chi connectivity index (χ3n) is 3.91. The van der Waals surface area contributed by atoms with Gasteiger partial charge in [-0.2, -0.15) is 5.21 Å². The summed E-state index contributed by atoms with van der Waals surface area (Å²) in [5.41, 5.74) is 0.846. The number of anilines is 1. The van der Waals surface area contributed by atoms with Gasteiger partial charge >= 0.3 is 5.97 Å². The average Bonchev–Trinajstić information content (AvgIpc) is 3.08. The summed E-state index contributed by atoms with van der Waals surface area (Å²) in [7, 11) is 3.73. The van der Waals surface area contributed by atoms with Crippen molar-refractivity contribution >= 4 is 11.9 Å². The SMILES string of the molecule is CCCC[C@H](C(=O)O)[C@H](Cc1cnc(N(C)C)nc1)c1nn[nH]n1. The van der Waals surface area contributed by atoms with Crippen LogP contribution in [0.3, 0.4) is 0 Å². The van der Waals surface area contributed by atoms with Gasteiger partial charge in [-0.15, -0.1) is 10.2 Å². The Morgan fingerprint density at radius 2 is 2.04 bits per heavy atom. The second kappa shape index (κ2) is 8.32. The third kappa shape index (κ3) is 4.46. The van der Waals surface area contributed by atoms with Crippen LogP contribution in [0.2, 0.25) is 0 Å². The predicted molar refractivity (Wildman–Crippen MR) is 87.6 cm³/mol. The quantitative estimate of drug-likeness (QED) is 0.704. The zero-order valence-corrected chi connectivity index (χ0v) is 14.2. The van der Waals surface area contributed by atoms with E-state index in [2.05, 4.69) is 30.6 Å². The Morgan fingerprint density at radius 1 is 1.33 bits per heavy atom. The number of carboxylic acids is 1. The van der Waals surface area contributed by atoms with Gasteiger partial charge in [0.25, 0.3) is 0 Å². The minimum Gasteiger partial charge on any atom is -0.481 e. The lowest BCUT2D eigenvalue weighted by Crippen LogP contribution is -2.25. The van der Waals surface area contributed by atoms with Crippen molar-refractivity contribution < 1.29 is 9.90 Å². The number of unbranched alkanes of at least 4 members (excludes halogenated alkanes) is 1. The van der Waals surface area contributed by atoms with E-state index in [1.54, 1.807) is 12.4 Å². The van der Waals surface area contributed by atoms with Crippen molar-refractivity contribution in [2.24, 2.45) is 5.92 Å². The monoisotopic (exact) mass is 333 g/mol. The van der Waals surface area contributed by atoms with Crippen molar-refractivity contribution in [2.45, 2.75) is 38.5 Å². The lowest BCUT2D eigenvalue weighted by atomic mass is 9.83. The van der Waals surface area contributed by atoms with Gasteiger partial charge in [0.1, 0.15) is 0 Å². The number of H-pyrrole nitrogens is 1. The van der Waals surface area contributed by atoms with Crippen LogP contribution < -0.4 is 4.90 Å². The molecule has 24 heavy (non-hydrogen) atoms. The van der Waals surface area contributed by atoms with Gasteiger partial charge in [-0.25, -0.2) is 9.97 Å². The number of carboxylic acid groups (broad SMARTS) is 1. The molecule has 2 N–H and O–H groups in total. The Hall–Kier alpha value is -2.58. The molecule has 130 valence electrons. The van der Waals surface area contributed by atoms with Crippen LogP contribution in [-0.2, 0) is 11.2 Å². The summed E-state index contributed by atoms with van der Waals surface area (Å²) < 4.78 is 0. The van der Waals surface area contributed by atoms with Crippen LogP contribution in [0.1, 0.15) is 43.5 Å². The van der Waals surface area contributed by atoms with Crippen molar-refractivity contribution in [1.82, 2.24) is 30.6 Å². The average molecular weight is 333 g/mol. The number of carbonyl (C=O) groups is 1. The van der Waals surface area contributed by atoms with E-state index in [0.717, 1.165) is 18.4 Å². The standard InChI is InChI=1S/C15H23N7O2/c1-4-5-6-11(14(23)24)12(13-18-20-21-19-13)7-10-8-16-15(17-9-10)22(2)3/h8-9,11-12H,4-7H2,1-3H3,(H,23,24)(H,18,19,20,21)/t11-,12-/m0/s1. The zero-order chi connectivity index (χ0) is 17.5. The molecule has 0 aliphatic carbocycles. The number of tetrazole rings is 1. The van der Waals surface area contributed by atoms with Gasteiger partial charge < -0.3 is 10.0 Å². The number of hydrogen-bond acceptors (Lipinski definition) is 7. The number of aromatic amines is 1. The van der Waals surface area contributed by atoms with Crippen molar-refractivity contribution in [3.05, 3.63) is 23.8 Å². The highest BCUT2D eigenvalue weighted by Gasteiger charge is 2.32. The molecule has 2 aromatic rings. The number of hydrogen-bond donors (Lipinski definition) is 2. The molecule has 0 unspecified atom stereocenters. The Labute approximate surface area is 140 Å². The maximum Gasteiger partial charge on any atom is 0.307 e. The summed E-state index contributed by atoms with van der Waals surface area (Å²) in [6, 6.07) is 0. The molecular formula is C15H23N7O2. The fourth-order valence-electron chi connectivity index (χ4n) is 2.60. The smallest absolute Gasteiger partial charge is 0.307 e. The zero-order valence-electron chi connectivity index (χ0n) is 14.2. The Balaban J connectivity index is 2.24. The van der Waals surface area contributed by atoms with E-state index in [0.29, 0.717) is 24.6 Å². The number of nitrogens with zero attached hydrogens (tertiary/aromatic N) is 6. The number of aromatic nitrogens is 6. The van der Waals surface area contributed by atoms with Crippen LogP contribution in [0, 0.1) is 5.92 Å². The first-order valence-corrected chi connectivity index (χ1v) is 7.97. The van der Waals surface area contributed by atoms with E-state index in [-0.39, 0.29) is 5.92 Å². The van der Waals surface area contributed by atoms with Crippen LogP contribution in [0.25, 0.3) is 0 Å². The van der Waals surface area contributed by atoms with E-state index in [1.165, 1.54) is 0 Å². The highest BCUT2D eigenvalue weighted by Crippen LogP contribution is 2.30. The van der Waals surface area contributed by atoms with E-state index in [9.17, 15) is 9.90 Å². The molecule has 9 nitrogen and oxygen atoms in total. The molecule has 0 saturated heterocycles. The van der Waals surface area contributed by atoms with Gasteiger partial charge in [0.2, 0.25) is 5.95 Å². The fraction of sp³-hybridized carbons (Fsp3) is 0.600. The first-order chi connectivity index (χ1) is 11.5. The number of nitrogens with one attached hydrogen (secondary N) is 1. The molecular weight excluding hydrogens is 310 g/mol. The molecule has 2 rings (SSSR count). The number of aliphatic carboxylic acids is 1. The van der Waals surface area contributed by atoms with E-state index >= 15 is 0 Å². The summed E-state index contributed by atoms with van der Waals surface area (Å²) in [6.45, 7) is 2.04. The lowest BCUT2D eigenvalue weighted by Gasteiger charge is -2.21. The van der Waals surface area contributed by atoms with Gasteiger partial charge in [0.15, 0.2) is 5.82 Å². The van der Waals surface area contributed by atoms with Gasteiger partial charge in [-0.3, -0.25) is 4.79 Å². The van der Waals surface area contributed by atoms with Gasteiger partial charge in [0.05, 0.1) is 5.92 Å². The van der Waals surface area contributed by atoms with E-state index in [4.69, 9.17) is 0 Å². The van der Waals surface area contributed by atoms with E-state index < -0.39 is 11.9 Å². The topological polar surface area (TPSA) is 121 Å². The molecule has 0 radical (unpaired) electrons. The maximum absolute atomic E-state index is 11.8. The minimum atomic E-state index is -0.843. The van der Waals surface area contributed by atoms with Crippen molar-refractivity contribution in [2.75, 3.05) is 19.0 Å². The molecule has 2 aromatic heterocycles. The predicted octanol–water partition coefficient (Wildman–Crippen LogP) is 1.27. The summed E-state index contributed by atoms with van der Waals surface area (Å²) in [4.78, 5) is 22.1. The second-order valence-corrected chi connectivity index (χ2v) is 5.95. The summed E-state index contributed by atoms with van der Waals surface area (Å²) in [5.74, 6) is -0.771. The molecule has 2 atom stereocenters. The van der Waals surface area contributed by atoms with Crippen LogP contribution in [0.5, 0.6) is 0 Å². The molecule has 0 amide bonds. The molecule has 0 spiro atoms. The Bertz CT molecular complexity index is 628. The first-order valence-electron chi connectivity index (χ1n) is 7.97. The normalized spacial score (nSPS) is 13.5. The molecule has 0 aliphatic rings. The second-order valence-electron chi connectivity index (χ2n) is 5.95. The van der Waals surface area contributed by atoms with Gasteiger partial charge in [-0.05, 0) is 18.4 Å². The highest BCUT2D eigenvalue weighted by atomic mass is 16.4. The largest absolute Gasteiger partial charge is 0.481 e. The molecule has 0 fully saturated rings. The molecule has 0 aliphatic heterocycles. The van der Waals surface area contributed by atoms with Crippen LogP contribution in [0.15, 0.2) is 12.4 Å². The Morgan fingerprint density at radius 3 is 2.54 bits per heavy atom. The van der Waals surface area contributed by atoms with Crippen LogP contribution in [0.4, 0.5) is 5.95 Å². The van der Waals surface area contributed by atoms with E-state index in [1.807, 2.05) is 25.9 Å².